The molecule has 1 fully saturated rings. The van der Waals surface area contributed by atoms with Crippen LogP contribution in [0, 0.1) is 5.92 Å². The third-order valence-corrected chi connectivity index (χ3v) is 6.48. The normalized spacial score (nSPS) is 17.3. The second kappa shape index (κ2) is 9.23. The molecule has 4 rings (SSSR count). The number of carboxylic acid groups (broad SMARTS) is 1. The first-order chi connectivity index (χ1) is 15.8. The molecule has 2 aliphatic carbocycles. The van der Waals surface area contributed by atoms with Gasteiger partial charge in [0.15, 0.2) is 0 Å². The molecule has 2 atom stereocenters. The number of rotatable bonds is 9. The Morgan fingerprint density at radius 1 is 1.06 bits per heavy atom. The number of nitrogens with one attached hydrogen (secondary N) is 2. The van der Waals surface area contributed by atoms with Gasteiger partial charge in [0.1, 0.15) is 12.1 Å². The van der Waals surface area contributed by atoms with Gasteiger partial charge < -0.3 is 25.6 Å². The van der Waals surface area contributed by atoms with Crippen molar-refractivity contribution < 1.29 is 29.3 Å². The first-order valence-electron chi connectivity index (χ1n) is 11.1. The van der Waals surface area contributed by atoms with E-state index in [2.05, 4.69) is 22.8 Å². The molecule has 2 aromatic carbocycles. The highest BCUT2D eigenvalue weighted by Crippen LogP contribution is 2.44. The van der Waals surface area contributed by atoms with E-state index in [1.165, 1.54) is 0 Å². The number of ether oxygens (including phenoxy) is 1. The highest BCUT2D eigenvalue weighted by molar-refractivity contribution is 5.90. The summed E-state index contributed by atoms with van der Waals surface area (Å²) in [6.07, 6.45) is -0.798. The number of carbonyl (C=O) groups excluding carboxylic acids is 2. The lowest BCUT2D eigenvalue weighted by molar-refractivity contribution is -0.139. The van der Waals surface area contributed by atoms with Gasteiger partial charge in [-0.05, 0) is 47.9 Å². The van der Waals surface area contributed by atoms with Crippen LogP contribution in [0.5, 0.6) is 0 Å². The highest BCUT2D eigenvalue weighted by atomic mass is 16.5. The number of carboxylic acids is 1. The minimum absolute atomic E-state index is 0.0467. The number of aliphatic carboxylic acids is 1. The predicted molar refractivity (Wildman–Crippen MR) is 121 cm³/mol. The first kappa shape index (κ1) is 22.8. The van der Waals surface area contributed by atoms with Gasteiger partial charge >= 0.3 is 12.1 Å². The summed E-state index contributed by atoms with van der Waals surface area (Å²) in [6, 6.07) is 16.1. The van der Waals surface area contributed by atoms with Gasteiger partial charge in [0.2, 0.25) is 5.91 Å². The minimum atomic E-state index is -1.20. The largest absolute Gasteiger partial charge is 0.481 e. The molecule has 2 amide bonds. The van der Waals surface area contributed by atoms with E-state index in [0.29, 0.717) is 0 Å². The van der Waals surface area contributed by atoms with Crippen molar-refractivity contribution in [2.75, 3.05) is 13.2 Å². The van der Waals surface area contributed by atoms with Crippen LogP contribution in [0.3, 0.4) is 0 Å². The zero-order valence-corrected chi connectivity index (χ0v) is 18.4. The van der Waals surface area contributed by atoms with Crippen molar-refractivity contribution in [3.8, 4) is 11.1 Å². The van der Waals surface area contributed by atoms with E-state index in [1.54, 1.807) is 6.92 Å². The third kappa shape index (κ3) is 4.85. The molecule has 0 radical (unpaired) electrons. The topological polar surface area (TPSA) is 125 Å². The fourth-order valence-electron chi connectivity index (χ4n) is 4.52. The average Bonchev–Trinajstić information content (AvgIpc) is 3.59. The smallest absolute Gasteiger partial charge is 0.408 e. The van der Waals surface area contributed by atoms with E-state index in [4.69, 9.17) is 9.84 Å². The van der Waals surface area contributed by atoms with Crippen LogP contribution in [0.2, 0.25) is 0 Å². The van der Waals surface area contributed by atoms with Crippen molar-refractivity contribution in [2.45, 2.75) is 43.7 Å². The summed E-state index contributed by atoms with van der Waals surface area (Å²) in [5, 5.41) is 23.8. The van der Waals surface area contributed by atoms with Gasteiger partial charge in [0.25, 0.3) is 0 Å². The Bertz CT molecular complexity index is 1020. The van der Waals surface area contributed by atoms with Crippen LogP contribution < -0.4 is 10.6 Å². The Morgan fingerprint density at radius 2 is 1.64 bits per heavy atom. The Labute approximate surface area is 192 Å². The van der Waals surface area contributed by atoms with E-state index in [1.807, 2.05) is 36.4 Å². The van der Waals surface area contributed by atoms with Crippen LogP contribution in [-0.4, -0.2) is 53.0 Å². The number of amides is 2. The molecular weight excluding hydrogens is 424 g/mol. The summed E-state index contributed by atoms with van der Waals surface area (Å²) < 4.78 is 5.58. The quantitative estimate of drug-likeness (QED) is 0.464. The number of hydrogen-bond acceptors (Lipinski definition) is 5. The van der Waals surface area contributed by atoms with Gasteiger partial charge in [-0.15, -0.1) is 0 Å². The summed E-state index contributed by atoms with van der Waals surface area (Å²) in [5.74, 6) is -1.76. The molecule has 0 saturated heterocycles. The van der Waals surface area contributed by atoms with Crippen LogP contribution in [0.1, 0.15) is 43.2 Å². The van der Waals surface area contributed by atoms with Crippen LogP contribution in [0.15, 0.2) is 48.5 Å². The maximum absolute atomic E-state index is 12.8. The van der Waals surface area contributed by atoms with E-state index in [0.717, 1.165) is 35.1 Å². The second-order valence-electron chi connectivity index (χ2n) is 8.89. The molecule has 2 aliphatic rings. The molecule has 8 heteroatoms. The predicted octanol–water partition coefficient (Wildman–Crippen LogP) is 2.65. The van der Waals surface area contributed by atoms with Crippen molar-refractivity contribution in [1.29, 1.82) is 0 Å². The molecular formula is C25H28N2O6. The maximum Gasteiger partial charge on any atom is 0.408 e. The van der Waals surface area contributed by atoms with Gasteiger partial charge in [-0.1, -0.05) is 48.5 Å². The van der Waals surface area contributed by atoms with Crippen LogP contribution >= 0.6 is 0 Å². The molecule has 33 heavy (non-hydrogen) atoms. The lowest BCUT2D eigenvalue weighted by Gasteiger charge is -2.30. The Morgan fingerprint density at radius 3 is 2.18 bits per heavy atom. The fourth-order valence-corrected chi connectivity index (χ4v) is 4.52. The van der Waals surface area contributed by atoms with Crippen LogP contribution in [-0.2, 0) is 14.3 Å². The molecule has 8 nitrogen and oxygen atoms in total. The molecule has 0 bridgehead atoms. The third-order valence-electron chi connectivity index (χ3n) is 6.48. The number of benzene rings is 2. The molecule has 2 aromatic rings. The maximum atomic E-state index is 12.8. The van der Waals surface area contributed by atoms with Gasteiger partial charge in [0.05, 0.1) is 12.5 Å². The molecule has 0 aliphatic heterocycles. The summed E-state index contributed by atoms with van der Waals surface area (Å²) in [7, 11) is 0. The van der Waals surface area contributed by atoms with E-state index < -0.39 is 36.0 Å². The lowest BCUT2D eigenvalue weighted by atomic mass is 9.94. The highest BCUT2D eigenvalue weighted by Gasteiger charge is 2.48. The first-order valence-corrected chi connectivity index (χ1v) is 11.1. The van der Waals surface area contributed by atoms with Gasteiger partial charge in [-0.3, -0.25) is 9.59 Å². The molecule has 2 unspecified atom stereocenters. The van der Waals surface area contributed by atoms with Gasteiger partial charge in [0, 0.05) is 12.5 Å². The van der Waals surface area contributed by atoms with Crippen LogP contribution in [0.25, 0.3) is 11.1 Å². The number of carbonyl (C=O) groups is 3. The number of aliphatic hydroxyl groups excluding tert-OH is 1. The van der Waals surface area contributed by atoms with Crippen molar-refractivity contribution in [2.24, 2.45) is 5.92 Å². The van der Waals surface area contributed by atoms with E-state index in [9.17, 15) is 19.5 Å². The Hall–Kier alpha value is -3.39. The summed E-state index contributed by atoms with van der Waals surface area (Å²) >= 11 is 0. The lowest BCUT2D eigenvalue weighted by Crippen LogP contribution is -2.59. The second-order valence-corrected chi connectivity index (χ2v) is 8.89. The summed E-state index contributed by atoms with van der Waals surface area (Å²) in [5.41, 5.74) is 3.25. The molecule has 174 valence electrons. The Balaban J connectivity index is 1.39. The monoisotopic (exact) mass is 452 g/mol. The van der Waals surface area contributed by atoms with Crippen molar-refractivity contribution in [3.05, 3.63) is 59.7 Å². The van der Waals surface area contributed by atoms with Crippen LogP contribution in [0.4, 0.5) is 4.79 Å². The number of hydrogen-bond donors (Lipinski definition) is 4. The molecule has 1 saturated carbocycles. The van der Waals surface area contributed by atoms with Crippen molar-refractivity contribution in [1.82, 2.24) is 10.6 Å². The SMILES string of the molecule is CC(NC(=O)OCC1c2ccccc2-c2ccccc21)(C(=O)NCC(O)CC(=O)O)C1CC1. The number of fused-ring (bicyclic) bond motifs is 3. The van der Waals surface area contributed by atoms with E-state index in [-0.39, 0.29) is 25.0 Å². The molecule has 0 spiro atoms. The number of aliphatic hydroxyl groups is 1. The minimum Gasteiger partial charge on any atom is -0.481 e. The zero-order valence-electron chi connectivity index (χ0n) is 18.4. The summed E-state index contributed by atoms with van der Waals surface area (Å²) in [6.45, 7) is 1.56. The van der Waals surface area contributed by atoms with Crippen molar-refractivity contribution in [3.63, 3.8) is 0 Å². The zero-order chi connectivity index (χ0) is 23.6. The summed E-state index contributed by atoms with van der Waals surface area (Å²) in [4.78, 5) is 36.2. The van der Waals surface area contributed by atoms with Gasteiger partial charge in [-0.2, -0.15) is 0 Å². The average molecular weight is 453 g/mol. The molecule has 0 aromatic heterocycles. The van der Waals surface area contributed by atoms with E-state index >= 15 is 0 Å². The van der Waals surface area contributed by atoms with Crippen molar-refractivity contribution >= 4 is 18.0 Å². The fraction of sp³-hybridized carbons (Fsp3) is 0.400. The molecule has 4 N–H and O–H groups in total. The standard InChI is InChI=1S/C25H28N2O6/c1-25(15-10-11-15,23(31)26-13-16(28)12-22(29)30)27-24(32)33-14-21-19-8-4-2-6-17(19)18-7-3-5-9-20(18)21/h2-9,15-16,21,28H,10-14H2,1H3,(H,26,31)(H,27,32)(H,29,30). The number of alkyl carbamates (subject to hydrolysis) is 1. The molecule has 0 heterocycles. The Kier molecular flexibility index (Phi) is 6.37. The van der Waals surface area contributed by atoms with Gasteiger partial charge in [-0.25, -0.2) is 4.79 Å².